The van der Waals surface area contributed by atoms with Crippen molar-refractivity contribution in [1.29, 1.82) is 0 Å². The van der Waals surface area contributed by atoms with Crippen LogP contribution in [0.2, 0.25) is 0 Å². The van der Waals surface area contributed by atoms with Crippen molar-refractivity contribution in [3.05, 3.63) is 52.6 Å². The van der Waals surface area contributed by atoms with Gasteiger partial charge in [-0.3, -0.25) is 9.59 Å². The number of carbonyl (C=O) groups excluding carboxylic acids is 2. The maximum Gasteiger partial charge on any atom is 0.287 e. The van der Waals surface area contributed by atoms with Crippen LogP contribution in [-0.2, 0) is 19.5 Å². The molecule has 0 bridgehead atoms. The molecule has 3 rings (SSSR count). The third-order valence-electron chi connectivity index (χ3n) is 4.61. The molecule has 26 heavy (non-hydrogen) atoms. The van der Waals surface area contributed by atoms with Crippen LogP contribution in [0.3, 0.4) is 0 Å². The zero-order valence-corrected chi connectivity index (χ0v) is 15.5. The summed E-state index contributed by atoms with van der Waals surface area (Å²) in [6, 6.07) is 8.04. The third-order valence-corrected chi connectivity index (χ3v) is 4.61. The molecule has 1 aromatic heterocycles. The van der Waals surface area contributed by atoms with E-state index in [9.17, 15) is 9.59 Å². The summed E-state index contributed by atoms with van der Waals surface area (Å²) >= 11 is 0. The molecule has 0 unspecified atom stereocenters. The summed E-state index contributed by atoms with van der Waals surface area (Å²) < 4.78 is 1.91. The van der Waals surface area contributed by atoms with E-state index in [1.165, 1.54) is 0 Å². The smallest absolute Gasteiger partial charge is 0.287 e. The summed E-state index contributed by atoms with van der Waals surface area (Å²) in [6.07, 6.45) is 3.66. The first kappa shape index (κ1) is 18.2. The third kappa shape index (κ3) is 3.95. The topological polar surface area (TPSA) is 76.0 Å². The Morgan fingerprint density at radius 2 is 2.04 bits per heavy atom. The van der Waals surface area contributed by atoms with Gasteiger partial charge in [-0.25, -0.2) is 4.98 Å². The molecule has 2 N–H and O–H groups in total. The molecular weight excluding hydrogens is 328 g/mol. The minimum absolute atomic E-state index is 0.201. The minimum atomic E-state index is -0.216. The Morgan fingerprint density at radius 1 is 1.19 bits per heavy atom. The van der Waals surface area contributed by atoms with Crippen LogP contribution in [0.25, 0.3) is 0 Å². The molecule has 2 heterocycles. The van der Waals surface area contributed by atoms with Crippen molar-refractivity contribution in [3.63, 3.8) is 0 Å². The van der Waals surface area contributed by atoms with Crippen LogP contribution in [0.15, 0.2) is 24.3 Å². The Kier molecular flexibility index (Phi) is 5.71. The Morgan fingerprint density at radius 3 is 2.81 bits per heavy atom. The van der Waals surface area contributed by atoms with Crippen molar-refractivity contribution in [2.45, 2.75) is 52.6 Å². The Labute approximate surface area is 154 Å². The van der Waals surface area contributed by atoms with E-state index in [0.29, 0.717) is 24.6 Å². The second-order valence-electron chi connectivity index (χ2n) is 6.77. The summed E-state index contributed by atoms with van der Waals surface area (Å²) in [7, 11) is 0. The lowest BCUT2D eigenvalue weighted by Crippen LogP contribution is -2.28. The molecule has 0 saturated heterocycles. The van der Waals surface area contributed by atoms with Gasteiger partial charge in [0.2, 0.25) is 0 Å². The number of imidazole rings is 1. The molecule has 1 aliphatic rings. The van der Waals surface area contributed by atoms with E-state index in [1.54, 1.807) is 0 Å². The van der Waals surface area contributed by atoms with Crippen LogP contribution in [0.4, 0.5) is 0 Å². The fraction of sp³-hybridized carbons (Fsp3) is 0.450. The number of hydrogen-bond donors (Lipinski definition) is 2. The number of carbonyl (C=O) groups is 2. The van der Waals surface area contributed by atoms with Gasteiger partial charge in [0.25, 0.3) is 11.8 Å². The molecule has 1 aliphatic heterocycles. The molecule has 6 heteroatoms. The van der Waals surface area contributed by atoms with Gasteiger partial charge in [0.1, 0.15) is 5.69 Å². The van der Waals surface area contributed by atoms with Crippen molar-refractivity contribution in [2.75, 3.05) is 6.54 Å². The lowest BCUT2D eigenvalue weighted by molar-refractivity contribution is 0.0937. The average molecular weight is 354 g/mol. The maximum atomic E-state index is 12.7. The second-order valence-corrected chi connectivity index (χ2v) is 6.77. The van der Waals surface area contributed by atoms with Gasteiger partial charge in [-0.15, -0.1) is 0 Å². The van der Waals surface area contributed by atoms with E-state index >= 15 is 0 Å². The van der Waals surface area contributed by atoms with Gasteiger partial charge in [0.05, 0.1) is 5.69 Å². The van der Waals surface area contributed by atoms with Gasteiger partial charge in [0.15, 0.2) is 5.82 Å². The number of nitrogens with zero attached hydrogens (tertiary/aromatic N) is 2. The maximum absolute atomic E-state index is 12.7. The number of aromatic nitrogens is 2. The molecule has 0 aliphatic carbocycles. The average Bonchev–Trinajstić information content (AvgIpc) is 3.04. The lowest BCUT2D eigenvalue weighted by atomic mass is 10.1. The highest BCUT2D eigenvalue weighted by Crippen LogP contribution is 2.21. The molecule has 1 aromatic carbocycles. The summed E-state index contributed by atoms with van der Waals surface area (Å²) in [5.74, 6) is -0.0618. The Balaban J connectivity index is 1.79. The van der Waals surface area contributed by atoms with E-state index in [1.807, 2.05) is 42.7 Å². The fourth-order valence-corrected chi connectivity index (χ4v) is 3.30. The highest BCUT2D eigenvalue weighted by atomic mass is 16.2. The van der Waals surface area contributed by atoms with E-state index in [0.717, 1.165) is 49.0 Å². The number of hydrogen-bond acceptors (Lipinski definition) is 3. The zero-order valence-electron chi connectivity index (χ0n) is 15.5. The van der Waals surface area contributed by atoms with Crippen LogP contribution in [-0.4, -0.2) is 27.9 Å². The van der Waals surface area contributed by atoms with Crippen LogP contribution >= 0.6 is 0 Å². The fourth-order valence-electron chi connectivity index (χ4n) is 3.30. The van der Waals surface area contributed by atoms with E-state index in [2.05, 4.69) is 15.6 Å². The van der Waals surface area contributed by atoms with E-state index in [4.69, 9.17) is 0 Å². The predicted molar refractivity (Wildman–Crippen MR) is 100 cm³/mol. The van der Waals surface area contributed by atoms with Gasteiger partial charge in [-0.05, 0) is 38.2 Å². The highest BCUT2D eigenvalue weighted by molar-refractivity contribution is 5.97. The van der Waals surface area contributed by atoms with Crippen molar-refractivity contribution < 1.29 is 9.59 Å². The highest BCUT2D eigenvalue weighted by Gasteiger charge is 2.27. The summed E-state index contributed by atoms with van der Waals surface area (Å²) in [5, 5.41) is 5.80. The van der Waals surface area contributed by atoms with Gasteiger partial charge in [-0.1, -0.05) is 36.8 Å². The summed E-state index contributed by atoms with van der Waals surface area (Å²) in [5.41, 5.74) is 3.47. The summed E-state index contributed by atoms with van der Waals surface area (Å²) in [4.78, 5) is 29.5. The largest absolute Gasteiger partial charge is 0.349 e. The molecule has 6 nitrogen and oxygen atoms in total. The standard InChI is InChI=1S/C20H26N4O2/c1-3-10-21-20(26)18-23-17(16-9-4-5-11-24(16)18)19(25)22-13-15-8-6-7-14(2)12-15/h6-8,12H,3-5,9-11,13H2,1-2H3,(H,21,26)(H,22,25). The molecule has 0 atom stereocenters. The van der Waals surface area contributed by atoms with Crippen LogP contribution < -0.4 is 10.6 Å². The van der Waals surface area contributed by atoms with Gasteiger partial charge < -0.3 is 15.2 Å². The van der Waals surface area contributed by atoms with Crippen LogP contribution in [0, 0.1) is 6.92 Å². The summed E-state index contributed by atoms with van der Waals surface area (Å²) in [6.45, 7) is 5.83. The monoisotopic (exact) mass is 354 g/mol. The first-order chi connectivity index (χ1) is 12.6. The number of fused-ring (bicyclic) bond motifs is 1. The van der Waals surface area contributed by atoms with Crippen molar-refractivity contribution >= 4 is 11.8 Å². The molecule has 0 radical (unpaired) electrons. The Hall–Kier alpha value is -2.63. The van der Waals surface area contributed by atoms with Crippen molar-refractivity contribution in [2.24, 2.45) is 0 Å². The molecule has 0 fully saturated rings. The van der Waals surface area contributed by atoms with Gasteiger partial charge in [-0.2, -0.15) is 0 Å². The normalized spacial score (nSPS) is 13.2. The zero-order chi connectivity index (χ0) is 18.5. The second kappa shape index (κ2) is 8.17. The number of aryl methyl sites for hydroxylation is 1. The van der Waals surface area contributed by atoms with E-state index < -0.39 is 0 Å². The SMILES string of the molecule is CCCNC(=O)c1nc(C(=O)NCc2cccc(C)c2)c2n1CCCC2. The molecule has 0 saturated carbocycles. The molecule has 0 spiro atoms. The van der Waals surface area contributed by atoms with Crippen molar-refractivity contribution in [3.8, 4) is 0 Å². The van der Waals surface area contributed by atoms with Crippen LogP contribution in [0.5, 0.6) is 0 Å². The molecule has 2 aromatic rings. The number of benzene rings is 1. The number of nitrogens with one attached hydrogen (secondary N) is 2. The first-order valence-corrected chi connectivity index (χ1v) is 9.31. The number of rotatable bonds is 6. The van der Waals surface area contributed by atoms with Gasteiger partial charge >= 0.3 is 0 Å². The molecular formula is C20H26N4O2. The molecule has 2 amide bonds. The predicted octanol–water partition coefficient (Wildman–Crippen LogP) is 2.60. The lowest BCUT2D eigenvalue weighted by Gasteiger charge is -2.17. The van der Waals surface area contributed by atoms with Crippen LogP contribution in [0.1, 0.15) is 64.1 Å². The molecule has 138 valence electrons. The quantitative estimate of drug-likeness (QED) is 0.837. The van der Waals surface area contributed by atoms with Gasteiger partial charge in [0, 0.05) is 19.6 Å². The van der Waals surface area contributed by atoms with E-state index in [-0.39, 0.29) is 11.8 Å². The Bertz CT molecular complexity index is 810. The first-order valence-electron chi connectivity index (χ1n) is 9.31. The minimum Gasteiger partial charge on any atom is -0.349 e. The number of amides is 2. The van der Waals surface area contributed by atoms with Crippen molar-refractivity contribution in [1.82, 2.24) is 20.2 Å².